The number of aliphatic hydroxyl groups excluding tert-OH is 1. The van der Waals surface area contributed by atoms with Crippen molar-refractivity contribution >= 4 is 11.9 Å². The third kappa shape index (κ3) is 3.32. The van der Waals surface area contributed by atoms with Gasteiger partial charge in [-0.3, -0.25) is 9.48 Å². The minimum Gasteiger partial charge on any atom is -0.480 e. The molecule has 1 fully saturated rings. The average Bonchev–Trinajstić information content (AvgIpc) is 2.94. The Morgan fingerprint density at radius 2 is 2.10 bits per heavy atom. The van der Waals surface area contributed by atoms with Crippen LogP contribution in [0.3, 0.4) is 0 Å². The third-order valence-corrected chi connectivity index (χ3v) is 3.11. The van der Waals surface area contributed by atoms with Gasteiger partial charge in [-0.25, -0.2) is 4.79 Å². The molecule has 0 aliphatic carbocycles. The van der Waals surface area contributed by atoms with Gasteiger partial charge in [-0.1, -0.05) is 0 Å². The Bertz CT molecular complexity index is 557. The molecule has 1 aliphatic rings. The van der Waals surface area contributed by atoms with Crippen LogP contribution in [0.15, 0.2) is 12.3 Å². The van der Waals surface area contributed by atoms with Crippen LogP contribution in [0.2, 0.25) is 0 Å². The summed E-state index contributed by atoms with van der Waals surface area (Å²) >= 11 is 0. The van der Waals surface area contributed by atoms with Crippen LogP contribution in [-0.2, 0) is 22.3 Å². The highest BCUT2D eigenvalue weighted by molar-refractivity contribution is 5.84. The van der Waals surface area contributed by atoms with Gasteiger partial charge < -0.3 is 15.1 Å². The smallest absolute Gasteiger partial charge is 0.435 e. The van der Waals surface area contributed by atoms with Crippen molar-refractivity contribution in [3.8, 4) is 0 Å². The second-order valence-electron chi connectivity index (χ2n) is 4.69. The van der Waals surface area contributed by atoms with E-state index in [1.807, 2.05) is 0 Å². The Morgan fingerprint density at radius 3 is 2.62 bits per heavy atom. The van der Waals surface area contributed by atoms with E-state index in [4.69, 9.17) is 5.11 Å². The number of carboxylic acid groups (broad SMARTS) is 1. The highest BCUT2D eigenvalue weighted by Gasteiger charge is 2.39. The molecule has 7 nitrogen and oxygen atoms in total. The largest absolute Gasteiger partial charge is 0.480 e. The van der Waals surface area contributed by atoms with Crippen molar-refractivity contribution in [1.29, 1.82) is 0 Å². The molecule has 2 heterocycles. The van der Waals surface area contributed by atoms with E-state index in [1.54, 1.807) is 0 Å². The highest BCUT2D eigenvalue weighted by atomic mass is 19.4. The number of halogens is 3. The fraction of sp³-hybridized carbons (Fsp3) is 0.545. The Hall–Kier alpha value is -2.10. The minimum atomic E-state index is -4.61. The van der Waals surface area contributed by atoms with Gasteiger partial charge >= 0.3 is 12.1 Å². The van der Waals surface area contributed by atoms with E-state index in [9.17, 15) is 27.9 Å². The van der Waals surface area contributed by atoms with Crippen LogP contribution in [-0.4, -0.2) is 55.5 Å². The molecule has 2 rings (SSSR count). The summed E-state index contributed by atoms with van der Waals surface area (Å²) in [5.74, 6) is -1.98. The number of likely N-dealkylation sites (tertiary alicyclic amines) is 1. The van der Waals surface area contributed by atoms with Gasteiger partial charge in [0.25, 0.3) is 0 Å². The summed E-state index contributed by atoms with van der Waals surface area (Å²) < 4.78 is 37.9. The Balaban J connectivity index is 2.07. The summed E-state index contributed by atoms with van der Waals surface area (Å²) in [6.07, 6.45) is -4.68. The predicted octanol–water partition coefficient (Wildman–Crippen LogP) is -0.0517. The minimum absolute atomic E-state index is 0.103. The molecule has 0 bridgehead atoms. The SMILES string of the molecule is O=C(O)[C@@H]1CC(O)CN1C(=O)Cn1ccc(C(F)(F)F)n1. The molecule has 1 unspecified atom stereocenters. The summed E-state index contributed by atoms with van der Waals surface area (Å²) in [4.78, 5) is 23.8. The first-order chi connectivity index (χ1) is 9.68. The molecular formula is C11H12F3N3O4. The maximum Gasteiger partial charge on any atom is 0.435 e. The first kappa shape index (κ1) is 15.3. The lowest BCUT2D eigenvalue weighted by molar-refractivity contribution is -0.148. The van der Waals surface area contributed by atoms with Gasteiger partial charge in [0.15, 0.2) is 5.69 Å². The Kier molecular flexibility index (Phi) is 3.90. The number of carbonyl (C=O) groups is 2. The van der Waals surface area contributed by atoms with Gasteiger partial charge in [-0.15, -0.1) is 0 Å². The molecule has 0 aromatic carbocycles. The lowest BCUT2D eigenvalue weighted by Crippen LogP contribution is -2.42. The Morgan fingerprint density at radius 1 is 1.43 bits per heavy atom. The predicted molar refractivity (Wildman–Crippen MR) is 61.0 cm³/mol. The van der Waals surface area contributed by atoms with Gasteiger partial charge in [-0.2, -0.15) is 18.3 Å². The molecular weight excluding hydrogens is 295 g/mol. The average molecular weight is 307 g/mol. The van der Waals surface area contributed by atoms with Gasteiger partial charge in [0.05, 0.1) is 6.10 Å². The number of rotatable bonds is 3. The zero-order valence-corrected chi connectivity index (χ0v) is 10.6. The zero-order valence-electron chi connectivity index (χ0n) is 10.6. The molecule has 1 saturated heterocycles. The van der Waals surface area contributed by atoms with Gasteiger partial charge in [0, 0.05) is 19.2 Å². The first-order valence-corrected chi connectivity index (χ1v) is 5.99. The summed E-state index contributed by atoms with van der Waals surface area (Å²) in [5.41, 5.74) is -1.13. The van der Waals surface area contributed by atoms with Crippen LogP contribution < -0.4 is 0 Å². The zero-order chi connectivity index (χ0) is 15.8. The number of amides is 1. The molecule has 1 aliphatic heterocycles. The quantitative estimate of drug-likeness (QED) is 0.816. The van der Waals surface area contributed by atoms with Crippen molar-refractivity contribution in [2.24, 2.45) is 0 Å². The van der Waals surface area contributed by atoms with E-state index in [2.05, 4.69) is 5.10 Å². The number of carbonyl (C=O) groups excluding carboxylic acids is 1. The highest BCUT2D eigenvalue weighted by Crippen LogP contribution is 2.27. The summed E-state index contributed by atoms with van der Waals surface area (Å²) in [7, 11) is 0. The lowest BCUT2D eigenvalue weighted by atomic mass is 10.2. The molecule has 116 valence electrons. The van der Waals surface area contributed by atoms with Crippen LogP contribution in [0.1, 0.15) is 12.1 Å². The van der Waals surface area contributed by atoms with E-state index in [1.165, 1.54) is 0 Å². The van der Waals surface area contributed by atoms with E-state index in [0.717, 1.165) is 21.8 Å². The molecule has 2 atom stereocenters. The van der Waals surface area contributed by atoms with E-state index in [-0.39, 0.29) is 13.0 Å². The molecule has 0 saturated carbocycles. The maximum atomic E-state index is 12.4. The topological polar surface area (TPSA) is 95.7 Å². The fourth-order valence-electron chi connectivity index (χ4n) is 2.15. The van der Waals surface area contributed by atoms with Crippen LogP contribution in [0, 0.1) is 0 Å². The number of nitrogens with zero attached hydrogens (tertiary/aromatic N) is 3. The standard InChI is InChI=1S/C11H12F3N3O4/c12-11(13,14)8-1-2-16(15-8)5-9(19)17-4-6(18)3-7(17)10(20)21/h1-2,6-7,18H,3-5H2,(H,20,21)/t6?,7-/m0/s1. The molecule has 1 aromatic rings. The summed E-state index contributed by atoms with van der Waals surface area (Å²) in [6, 6.07) is -0.453. The number of aliphatic hydroxyl groups is 1. The number of hydrogen-bond acceptors (Lipinski definition) is 4. The van der Waals surface area contributed by atoms with Gasteiger partial charge in [-0.05, 0) is 6.07 Å². The molecule has 2 N–H and O–H groups in total. The van der Waals surface area contributed by atoms with Crippen molar-refractivity contribution in [2.75, 3.05) is 6.54 Å². The number of hydrogen-bond donors (Lipinski definition) is 2. The van der Waals surface area contributed by atoms with Crippen LogP contribution in [0.25, 0.3) is 0 Å². The fourth-order valence-corrected chi connectivity index (χ4v) is 2.15. The normalized spacial score (nSPS) is 22.6. The molecule has 10 heteroatoms. The maximum absolute atomic E-state index is 12.4. The number of β-amino-alcohol motifs (C(OH)–C–C–N with tert-alkyl or cyclic N) is 1. The van der Waals surface area contributed by atoms with Gasteiger partial charge in [0.1, 0.15) is 12.6 Å². The molecule has 21 heavy (non-hydrogen) atoms. The number of carboxylic acids is 1. The molecule has 1 aromatic heterocycles. The summed E-state index contributed by atoms with van der Waals surface area (Å²) in [5, 5.41) is 21.6. The van der Waals surface area contributed by atoms with Crippen LogP contribution in [0.5, 0.6) is 0 Å². The van der Waals surface area contributed by atoms with E-state index < -0.39 is 42.4 Å². The second kappa shape index (κ2) is 5.35. The Labute approximate surface area is 116 Å². The number of alkyl halides is 3. The first-order valence-electron chi connectivity index (χ1n) is 5.99. The van der Waals surface area contributed by atoms with Crippen LogP contribution in [0.4, 0.5) is 13.2 Å². The molecule has 1 amide bonds. The van der Waals surface area contributed by atoms with Crippen LogP contribution >= 0.6 is 0 Å². The third-order valence-electron chi connectivity index (χ3n) is 3.11. The summed E-state index contributed by atoms with van der Waals surface area (Å²) in [6.45, 7) is -0.685. The molecule has 0 spiro atoms. The molecule has 0 radical (unpaired) electrons. The lowest BCUT2D eigenvalue weighted by Gasteiger charge is -2.21. The van der Waals surface area contributed by atoms with Crippen molar-refractivity contribution in [3.63, 3.8) is 0 Å². The van der Waals surface area contributed by atoms with Gasteiger partial charge in [0.2, 0.25) is 5.91 Å². The monoisotopic (exact) mass is 307 g/mol. The van der Waals surface area contributed by atoms with E-state index in [0.29, 0.717) is 0 Å². The van der Waals surface area contributed by atoms with Crippen molar-refractivity contribution in [3.05, 3.63) is 18.0 Å². The van der Waals surface area contributed by atoms with Crippen molar-refractivity contribution in [2.45, 2.75) is 31.3 Å². The number of aliphatic carboxylic acids is 1. The number of aromatic nitrogens is 2. The second-order valence-corrected chi connectivity index (χ2v) is 4.69. The van der Waals surface area contributed by atoms with E-state index >= 15 is 0 Å². The van der Waals surface area contributed by atoms with Crippen molar-refractivity contribution in [1.82, 2.24) is 14.7 Å². The van der Waals surface area contributed by atoms with Crippen molar-refractivity contribution < 1.29 is 33.0 Å².